The summed E-state index contributed by atoms with van der Waals surface area (Å²) in [7, 11) is 0. The van der Waals surface area contributed by atoms with Crippen molar-refractivity contribution in [3.05, 3.63) is 0 Å². The summed E-state index contributed by atoms with van der Waals surface area (Å²) >= 11 is 0. The third-order valence-corrected chi connectivity index (χ3v) is 4.13. The van der Waals surface area contributed by atoms with Gasteiger partial charge in [-0.2, -0.15) is 0 Å². The Labute approximate surface area is 93.0 Å². The van der Waals surface area contributed by atoms with Crippen molar-refractivity contribution < 1.29 is 9.84 Å². The summed E-state index contributed by atoms with van der Waals surface area (Å²) in [6.07, 6.45) is 8.48. The van der Waals surface area contributed by atoms with E-state index >= 15 is 0 Å². The molecule has 2 rings (SSSR count). The predicted molar refractivity (Wildman–Crippen MR) is 60.7 cm³/mol. The quantitative estimate of drug-likeness (QED) is 0.779. The van der Waals surface area contributed by atoms with Crippen molar-refractivity contribution >= 4 is 0 Å². The molecule has 2 unspecified atom stereocenters. The van der Waals surface area contributed by atoms with Crippen LogP contribution in [0, 0.1) is 11.8 Å². The molecule has 2 aliphatic rings. The third-order valence-electron chi connectivity index (χ3n) is 4.13. The van der Waals surface area contributed by atoms with Gasteiger partial charge >= 0.3 is 0 Å². The van der Waals surface area contributed by atoms with E-state index in [1.165, 1.54) is 32.1 Å². The van der Waals surface area contributed by atoms with Crippen molar-refractivity contribution in [2.45, 2.75) is 64.1 Å². The Morgan fingerprint density at radius 2 is 1.93 bits per heavy atom. The highest BCUT2D eigenvalue weighted by Crippen LogP contribution is 2.32. The monoisotopic (exact) mass is 212 g/mol. The summed E-state index contributed by atoms with van der Waals surface area (Å²) in [4.78, 5) is 0. The minimum Gasteiger partial charge on any atom is -0.393 e. The molecule has 1 heterocycles. The van der Waals surface area contributed by atoms with Crippen LogP contribution in [0.15, 0.2) is 0 Å². The molecule has 2 nitrogen and oxygen atoms in total. The fourth-order valence-electron chi connectivity index (χ4n) is 2.96. The molecule has 0 spiro atoms. The molecule has 2 heteroatoms. The molecule has 0 aromatic heterocycles. The number of hydrogen-bond acceptors (Lipinski definition) is 2. The Hall–Kier alpha value is -0.0800. The molecule has 1 saturated carbocycles. The summed E-state index contributed by atoms with van der Waals surface area (Å²) in [6.45, 7) is 3.22. The van der Waals surface area contributed by atoms with Gasteiger partial charge in [-0.1, -0.05) is 19.8 Å². The van der Waals surface area contributed by atoms with Crippen molar-refractivity contribution in [1.82, 2.24) is 0 Å². The minimum atomic E-state index is -0.111. The molecule has 0 amide bonds. The molecule has 1 aliphatic heterocycles. The van der Waals surface area contributed by atoms with Crippen LogP contribution < -0.4 is 0 Å². The Morgan fingerprint density at radius 3 is 2.53 bits per heavy atom. The van der Waals surface area contributed by atoms with Crippen LogP contribution in [0.25, 0.3) is 0 Å². The fraction of sp³-hybridized carbons (Fsp3) is 1.00. The lowest BCUT2D eigenvalue weighted by Gasteiger charge is -2.30. The van der Waals surface area contributed by atoms with Gasteiger partial charge in [-0.15, -0.1) is 0 Å². The topological polar surface area (TPSA) is 29.5 Å². The van der Waals surface area contributed by atoms with E-state index in [1.807, 2.05) is 0 Å². The van der Waals surface area contributed by atoms with Gasteiger partial charge in [0.05, 0.1) is 12.2 Å². The van der Waals surface area contributed by atoms with Crippen molar-refractivity contribution in [1.29, 1.82) is 0 Å². The first-order valence-electron chi connectivity index (χ1n) is 6.55. The molecule has 0 bridgehead atoms. The van der Waals surface area contributed by atoms with Gasteiger partial charge in [-0.3, -0.25) is 0 Å². The van der Waals surface area contributed by atoms with Crippen LogP contribution in [0.4, 0.5) is 0 Å². The van der Waals surface area contributed by atoms with E-state index in [4.69, 9.17) is 4.74 Å². The molecular weight excluding hydrogens is 188 g/mol. The molecule has 2 atom stereocenters. The first-order valence-corrected chi connectivity index (χ1v) is 6.55. The van der Waals surface area contributed by atoms with Crippen LogP contribution >= 0.6 is 0 Å². The second-order valence-corrected chi connectivity index (χ2v) is 5.46. The second kappa shape index (κ2) is 5.31. The number of ether oxygens (including phenoxy) is 1. The van der Waals surface area contributed by atoms with E-state index in [1.54, 1.807) is 0 Å². The zero-order chi connectivity index (χ0) is 10.7. The molecule has 0 aromatic carbocycles. The van der Waals surface area contributed by atoms with Crippen LogP contribution in [0.1, 0.15) is 51.9 Å². The lowest BCUT2D eigenvalue weighted by Crippen LogP contribution is -2.28. The van der Waals surface area contributed by atoms with E-state index in [-0.39, 0.29) is 6.10 Å². The summed E-state index contributed by atoms with van der Waals surface area (Å²) in [5, 5.41) is 10.1. The van der Waals surface area contributed by atoms with Crippen LogP contribution in [0.2, 0.25) is 0 Å². The smallest absolute Gasteiger partial charge is 0.0600 e. The number of aliphatic hydroxyl groups excluding tert-OH is 1. The molecule has 1 N–H and O–H groups in total. The largest absolute Gasteiger partial charge is 0.393 e. The highest BCUT2D eigenvalue weighted by Gasteiger charge is 2.28. The van der Waals surface area contributed by atoms with Crippen LogP contribution in [0.5, 0.6) is 0 Å². The van der Waals surface area contributed by atoms with Crippen molar-refractivity contribution in [2.75, 3.05) is 6.61 Å². The predicted octanol–water partition coefficient (Wildman–Crippen LogP) is 2.74. The van der Waals surface area contributed by atoms with Gasteiger partial charge in [0.25, 0.3) is 0 Å². The lowest BCUT2D eigenvalue weighted by molar-refractivity contribution is 0.0141. The molecule has 2 fully saturated rings. The molecule has 0 aromatic rings. The maximum Gasteiger partial charge on any atom is 0.0600 e. The zero-order valence-corrected chi connectivity index (χ0v) is 9.82. The summed E-state index contributed by atoms with van der Waals surface area (Å²) < 4.78 is 5.58. The Bertz CT molecular complexity index is 179. The van der Waals surface area contributed by atoms with E-state index in [2.05, 4.69) is 6.92 Å². The first kappa shape index (κ1) is 11.4. The van der Waals surface area contributed by atoms with Gasteiger partial charge in [-0.05, 0) is 43.9 Å². The Morgan fingerprint density at radius 1 is 1.20 bits per heavy atom. The first-order chi connectivity index (χ1) is 7.25. The average molecular weight is 212 g/mol. The highest BCUT2D eigenvalue weighted by molar-refractivity contribution is 4.79. The fourth-order valence-corrected chi connectivity index (χ4v) is 2.96. The summed E-state index contributed by atoms with van der Waals surface area (Å²) in [6, 6.07) is 0. The normalized spacial score (nSPS) is 39.2. The second-order valence-electron chi connectivity index (χ2n) is 5.46. The van der Waals surface area contributed by atoms with Crippen LogP contribution in [0.3, 0.4) is 0 Å². The maximum absolute atomic E-state index is 10.1. The molecule has 88 valence electrons. The van der Waals surface area contributed by atoms with Crippen LogP contribution in [-0.2, 0) is 4.74 Å². The van der Waals surface area contributed by atoms with E-state index in [0.29, 0.717) is 12.0 Å². The van der Waals surface area contributed by atoms with Crippen molar-refractivity contribution in [3.63, 3.8) is 0 Å². The SMILES string of the molecule is CC1CCC(C(O)CC2CCCO2)CC1. The average Bonchev–Trinajstić information content (AvgIpc) is 2.71. The third kappa shape index (κ3) is 3.18. The summed E-state index contributed by atoms with van der Waals surface area (Å²) in [5.74, 6) is 1.42. The van der Waals surface area contributed by atoms with Gasteiger partial charge in [0.15, 0.2) is 0 Å². The summed E-state index contributed by atoms with van der Waals surface area (Å²) in [5.41, 5.74) is 0. The van der Waals surface area contributed by atoms with Gasteiger partial charge < -0.3 is 9.84 Å². The number of hydrogen-bond donors (Lipinski definition) is 1. The Kier molecular flexibility index (Phi) is 4.04. The van der Waals surface area contributed by atoms with E-state index in [9.17, 15) is 5.11 Å². The van der Waals surface area contributed by atoms with Crippen molar-refractivity contribution in [2.24, 2.45) is 11.8 Å². The van der Waals surface area contributed by atoms with E-state index < -0.39 is 0 Å². The highest BCUT2D eigenvalue weighted by atomic mass is 16.5. The van der Waals surface area contributed by atoms with E-state index in [0.717, 1.165) is 25.4 Å². The van der Waals surface area contributed by atoms with Crippen molar-refractivity contribution in [3.8, 4) is 0 Å². The Balaban J connectivity index is 1.72. The number of aliphatic hydroxyl groups is 1. The van der Waals surface area contributed by atoms with Gasteiger partial charge in [0, 0.05) is 6.61 Å². The molecule has 1 saturated heterocycles. The van der Waals surface area contributed by atoms with Gasteiger partial charge in [0.2, 0.25) is 0 Å². The maximum atomic E-state index is 10.1. The standard InChI is InChI=1S/C13H24O2/c1-10-4-6-11(7-5-10)13(14)9-12-3-2-8-15-12/h10-14H,2-9H2,1H3. The molecule has 1 aliphatic carbocycles. The molecular formula is C13H24O2. The van der Waals surface area contributed by atoms with Gasteiger partial charge in [0.1, 0.15) is 0 Å². The zero-order valence-electron chi connectivity index (χ0n) is 9.82. The van der Waals surface area contributed by atoms with Crippen LogP contribution in [-0.4, -0.2) is 23.9 Å². The lowest BCUT2D eigenvalue weighted by atomic mass is 9.79. The molecule has 0 radical (unpaired) electrons. The minimum absolute atomic E-state index is 0.111. The number of rotatable bonds is 3. The van der Waals surface area contributed by atoms with Gasteiger partial charge in [-0.25, -0.2) is 0 Å². The molecule has 15 heavy (non-hydrogen) atoms.